The zero-order valence-corrected chi connectivity index (χ0v) is 16.6. The molecule has 0 unspecified atom stereocenters. The number of anilines is 2. The number of aryl methyl sites for hydroxylation is 1. The van der Waals surface area contributed by atoms with Gasteiger partial charge in [-0.2, -0.15) is 9.61 Å². The van der Waals surface area contributed by atoms with Gasteiger partial charge >= 0.3 is 0 Å². The van der Waals surface area contributed by atoms with Crippen LogP contribution in [-0.4, -0.2) is 58.2 Å². The molecule has 1 saturated heterocycles. The zero-order valence-electron chi connectivity index (χ0n) is 16.6. The third-order valence-corrected chi connectivity index (χ3v) is 6.02. The van der Waals surface area contributed by atoms with Gasteiger partial charge in [-0.1, -0.05) is 12.2 Å². The van der Waals surface area contributed by atoms with E-state index in [0.717, 1.165) is 65.6 Å². The molecule has 5 heterocycles. The number of ketones is 1. The summed E-state index contributed by atoms with van der Waals surface area (Å²) in [5.74, 6) is 1.57. The first kappa shape index (κ1) is 17.6. The molecular formula is C22H22N6O2. The number of morpholine rings is 1. The van der Waals surface area contributed by atoms with Crippen LogP contribution in [0.3, 0.4) is 0 Å². The summed E-state index contributed by atoms with van der Waals surface area (Å²) in [4.78, 5) is 24.6. The maximum absolute atomic E-state index is 12.8. The minimum Gasteiger partial charge on any atom is -0.378 e. The van der Waals surface area contributed by atoms with Gasteiger partial charge in [-0.15, -0.1) is 0 Å². The number of fused-ring (bicyclic) bond motifs is 4. The molecule has 6 rings (SSSR count). The summed E-state index contributed by atoms with van der Waals surface area (Å²) in [6.07, 6.45) is 10.5. The van der Waals surface area contributed by atoms with Gasteiger partial charge in [-0.3, -0.25) is 9.78 Å². The minimum atomic E-state index is 0.109. The quantitative estimate of drug-likeness (QED) is 0.705. The molecule has 8 heteroatoms. The van der Waals surface area contributed by atoms with E-state index < -0.39 is 0 Å². The van der Waals surface area contributed by atoms with Crippen molar-refractivity contribution < 1.29 is 9.53 Å². The first-order valence-electron chi connectivity index (χ1n) is 10.5. The zero-order chi connectivity index (χ0) is 20.1. The van der Waals surface area contributed by atoms with Gasteiger partial charge in [0.05, 0.1) is 19.4 Å². The lowest BCUT2D eigenvalue weighted by Gasteiger charge is -2.31. The Morgan fingerprint density at radius 2 is 2.03 bits per heavy atom. The highest BCUT2D eigenvalue weighted by Gasteiger charge is 2.30. The van der Waals surface area contributed by atoms with E-state index in [1.165, 1.54) is 0 Å². The fourth-order valence-corrected chi connectivity index (χ4v) is 4.47. The van der Waals surface area contributed by atoms with Crippen LogP contribution in [0.15, 0.2) is 24.5 Å². The van der Waals surface area contributed by atoms with Crippen LogP contribution < -0.4 is 10.2 Å². The highest BCUT2D eigenvalue weighted by Crippen LogP contribution is 2.35. The predicted octanol–water partition coefficient (Wildman–Crippen LogP) is 2.59. The Kier molecular flexibility index (Phi) is 4.05. The van der Waals surface area contributed by atoms with Crippen molar-refractivity contribution in [1.29, 1.82) is 0 Å². The lowest BCUT2D eigenvalue weighted by atomic mass is 9.99. The third kappa shape index (κ3) is 2.71. The van der Waals surface area contributed by atoms with E-state index in [9.17, 15) is 4.79 Å². The second-order valence-corrected chi connectivity index (χ2v) is 7.85. The van der Waals surface area contributed by atoms with Crippen molar-refractivity contribution in [2.24, 2.45) is 0 Å². The highest BCUT2D eigenvalue weighted by molar-refractivity contribution is 6.07. The highest BCUT2D eigenvalue weighted by atomic mass is 16.5. The first-order chi connectivity index (χ1) is 14.8. The fourth-order valence-electron chi connectivity index (χ4n) is 4.47. The Morgan fingerprint density at radius 1 is 1.13 bits per heavy atom. The Labute approximate surface area is 173 Å². The molecule has 0 radical (unpaired) electrons. The van der Waals surface area contributed by atoms with Crippen LogP contribution in [-0.2, 0) is 11.2 Å². The average Bonchev–Trinajstić information content (AvgIpc) is 3.23. The molecule has 1 N–H and O–H groups in total. The molecule has 0 bridgehead atoms. The van der Waals surface area contributed by atoms with E-state index in [2.05, 4.69) is 38.5 Å². The fraction of sp³-hybridized carbons (Fsp3) is 0.364. The van der Waals surface area contributed by atoms with Crippen LogP contribution in [0.5, 0.6) is 0 Å². The van der Waals surface area contributed by atoms with E-state index >= 15 is 0 Å². The van der Waals surface area contributed by atoms with E-state index in [0.29, 0.717) is 31.7 Å². The number of ether oxygens (including phenoxy) is 1. The van der Waals surface area contributed by atoms with Crippen LogP contribution in [0, 0.1) is 0 Å². The maximum atomic E-state index is 12.8. The van der Waals surface area contributed by atoms with Gasteiger partial charge in [0.1, 0.15) is 17.2 Å². The van der Waals surface area contributed by atoms with Crippen LogP contribution in [0.1, 0.15) is 34.5 Å². The summed E-state index contributed by atoms with van der Waals surface area (Å²) in [5, 5.41) is 7.98. The van der Waals surface area contributed by atoms with Crippen molar-refractivity contribution in [3.63, 3.8) is 0 Å². The number of Topliss-reactive ketones (excluding diaryl/α,β-unsaturated/α-hetero) is 1. The second kappa shape index (κ2) is 6.91. The number of pyridine rings is 1. The minimum absolute atomic E-state index is 0.109. The average molecular weight is 402 g/mol. The van der Waals surface area contributed by atoms with E-state index in [1.54, 1.807) is 4.52 Å². The number of carbonyl (C=O) groups is 1. The molecule has 0 saturated carbocycles. The molecule has 0 atom stereocenters. The molecule has 0 aromatic carbocycles. The number of nitrogens with zero attached hydrogens (tertiary/aromatic N) is 5. The summed E-state index contributed by atoms with van der Waals surface area (Å²) in [7, 11) is 0. The SMILES string of the molecule is O=C1CCNc2c1c(N1CCOCC1)nc1c(-c3cnc4c(c3)C=CCC4)cnn21. The maximum Gasteiger partial charge on any atom is 0.172 e. The monoisotopic (exact) mass is 402 g/mol. The summed E-state index contributed by atoms with van der Waals surface area (Å²) in [5.41, 5.74) is 5.55. The van der Waals surface area contributed by atoms with Crippen molar-refractivity contribution in [2.45, 2.75) is 19.3 Å². The number of aromatic nitrogens is 4. The van der Waals surface area contributed by atoms with Crippen molar-refractivity contribution >= 4 is 29.1 Å². The van der Waals surface area contributed by atoms with Crippen LogP contribution in [0.2, 0.25) is 0 Å². The summed E-state index contributed by atoms with van der Waals surface area (Å²) in [6.45, 7) is 3.32. The van der Waals surface area contributed by atoms with Crippen molar-refractivity contribution in [1.82, 2.24) is 19.6 Å². The number of hydrogen-bond donors (Lipinski definition) is 1. The lowest BCUT2D eigenvalue weighted by molar-refractivity contribution is 0.0980. The van der Waals surface area contributed by atoms with Gasteiger partial charge in [0.25, 0.3) is 0 Å². The number of rotatable bonds is 2. The van der Waals surface area contributed by atoms with Crippen molar-refractivity contribution in [2.75, 3.05) is 43.1 Å². The normalized spacial score (nSPS) is 18.3. The topological polar surface area (TPSA) is 84.7 Å². The van der Waals surface area contributed by atoms with E-state index in [4.69, 9.17) is 9.72 Å². The molecule has 30 heavy (non-hydrogen) atoms. The predicted molar refractivity (Wildman–Crippen MR) is 114 cm³/mol. The molecule has 8 nitrogen and oxygen atoms in total. The van der Waals surface area contributed by atoms with E-state index in [1.807, 2.05) is 12.4 Å². The van der Waals surface area contributed by atoms with Crippen LogP contribution in [0.4, 0.5) is 11.6 Å². The van der Waals surface area contributed by atoms with Gasteiger partial charge in [0, 0.05) is 49.1 Å². The Balaban J connectivity index is 1.56. The molecule has 1 aliphatic carbocycles. The van der Waals surface area contributed by atoms with Crippen molar-refractivity contribution in [3.05, 3.63) is 41.4 Å². The molecule has 0 amide bonds. The van der Waals surface area contributed by atoms with Gasteiger partial charge in [0.2, 0.25) is 0 Å². The number of nitrogens with one attached hydrogen (secondary N) is 1. The molecule has 3 aliphatic rings. The van der Waals surface area contributed by atoms with Crippen molar-refractivity contribution in [3.8, 4) is 11.1 Å². The van der Waals surface area contributed by atoms with Gasteiger partial charge in [-0.05, 0) is 24.5 Å². The first-order valence-corrected chi connectivity index (χ1v) is 10.5. The van der Waals surface area contributed by atoms with Gasteiger partial charge < -0.3 is 15.0 Å². The van der Waals surface area contributed by atoms with Crippen LogP contribution in [0.25, 0.3) is 22.9 Å². The molecule has 152 valence electrons. The van der Waals surface area contributed by atoms with Crippen LogP contribution >= 0.6 is 0 Å². The molecular weight excluding hydrogens is 380 g/mol. The summed E-state index contributed by atoms with van der Waals surface area (Å²) in [6, 6.07) is 2.16. The Hall–Kier alpha value is -3.26. The third-order valence-electron chi connectivity index (χ3n) is 6.02. The Morgan fingerprint density at radius 3 is 2.93 bits per heavy atom. The van der Waals surface area contributed by atoms with Gasteiger partial charge in [0.15, 0.2) is 11.4 Å². The molecule has 1 fully saturated rings. The standard InChI is InChI=1S/C22H22N6O2/c29-18-5-6-23-21-19(18)22(27-7-9-30-10-8-27)26-20-16(13-25-28(20)21)15-11-14-3-1-2-4-17(14)24-12-15/h1,3,11-13,23H,2,4-10H2. The number of hydrogen-bond acceptors (Lipinski definition) is 7. The lowest BCUT2D eigenvalue weighted by Crippen LogP contribution is -2.38. The van der Waals surface area contributed by atoms with Gasteiger partial charge in [-0.25, -0.2) is 4.98 Å². The smallest absolute Gasteiger partial charge is 0.172 e. The summed E-state index contributed by atoms with van der Waals surface area (Å²) >= 11 is 0. The number of carbonyl (C=O) groups excluding carboxylic acids is 1. The largest absolute Gasteiger partial charge is 0.378 e. The Bertz CT molecular complexity index is 1190. The molecule has 0 spiro atoms. The second-order valence-electron chi connectivity index (χ2n) is 7.85. The number of allylic oxidation sites excluding steroid dienone is 1. The van der Waals surface area contributed by atoms with E-state index in [-0.39, 0.29) is 5.78 Å². The molecule has 3 aromatic rings. The molecule has 2 aliphatic heterocycles. The molecule has 3 aromatic heterocycles. The summed E-state index contributed by atoms with van der Waals surface area (Å²) < 4.78 is 7.27.